The Morgan fingerprint density at radius 3 is 2.34 bits per heavy atom. The zero-order chi connectivity index (χ0) is 20.6. The highest BCUT2D eigenvalue weighted by Crippen LogP contribution is 2.60. The summed E-state index contributed by atoms with van der Waals surface area (Å²) in [5.74, 6) is 0.789. The smallest absolute Gasteiger partial charge is 0.267 e. The Bertz CT molecular complexity index is 1090. The van der Waals surface area contributed by atoms with Gasteiger partial charge in [0.15, 0.2) is 0 Å². The predicted octanol–water partition coefficient (Wildman–Crippen LogP) is 3.39. The Morgan fingerprint density at radius 2 is 1.79 bits per heavy atom. The number of rotatable bonds is 4. The highest BCUT2D eigenvalue weighted by atomic mass is 32.2. The van der Waals surface area contributed by atoms with Crippen LogP contribution in [0, 0.1) is 35.9 Å². The molecule has 4 bridgehead atoms. The van der Waals surface area contributed by atoms with Crippen molar-refractivity contribution >= 4 is 26.8 Å². The van der Waals surface area contributed by atoms with Crippen molar-refractivity contribution in [2.45, 2.75) is 52.0 Å². The van der Waals surface area contributed by atoms with E-state index in [0.29, 0.717) is 10.9 Å². The molecule has 8 heteroatoms. The van der Waals surface area contributed by atoms with Gasteiger partial charge in [-0.3, -0.25) is 9.48 Å². The van der Waals surface area contributed by atoms with E-state index in [9.17, 15) is 17.6 Å². The molecule has 0 spiro atoms. The molecule has 6 nitrogen and oxygen atoms in total. The lowest BCUT2D eigenvalue weighted by molar-refractivity contribution is -0.0629. The first-order valence-electron chi connectivity index (χ1n) is 10.3. The predicted molar refractivity (Wildman–Crippen MR) is 107 cm³/mol. The molecule has 156 valence electrons. The molecule has 0 saturated heterocycles. The van der Waals surface area contributed by atoms with Gasteiger partial charge in [-0.05, 0) is 74.7 Å². The number of nitrogens with one attached hydrogen (secondary N) is 1. The van der Waals surface area contributed by atoms with Crippen molar-refractivity contribution in [3.8, 4) is 0 Å². The van der Waals surface area contributed by atoms with Gasteiger partial charge in [0.05, 0.1) is 23.0 Å². The monoisotopic (exact) mass is 419 g/mol. The summed E-state index contributed by atoms with van der Waals surface area (Å²) in [5, 5.41) is 5.37. The molecule has 29 heavy (non-hydrogen) atoms. The molecule has 1 aromatic carbocycles. The van der Waals surface area contributed by atoms with Gasteiger partial charge in [-0.15, -0.1) is 0 Å². The zero-order valence-electron chi connectivity index (χ0n) is 16.7. The SMILES string of the molecule is Cc1nn(CC23CC4CC(CC(C4)C2)C3)c2cc(F)c(C(=O)NS(C)(=O)=O)cc12. The van der Waals surface area contributed by atoms with Crippen LogP contribution in [0.3, 0.4) is 0 Å². The zero-order valence-corrected chi connectivity index (χ0v) is 17.6. The first-order valence-corrected chi connectivity index (χ1v) is 12.2. The van der Waals surface area contributed by atoms with Crippen molar-refractivity contribution in [3.05, 3.63) is 29.2 Å². The molecule has 4 aliphatic rings. The van der Waals surface area contributed by atoms with Crippen molar-refractivity contribution in [3.63, 3.8) is 0 Å². The summed E-state index contributed by atoms with van der Waals surface area (Å²) in [6.45, 7) is 2.63. The van der Waals surface area contributed by atoms with Crippen LogP contribution in [0.25, 0.3) is 10.9 Å². The van der Waals surface area contributed by atoms with Crippen molar-refractivity contribution < 1.29 is 17.6 Å². The topological polar surface area (TPSA) is 81.1 Å². The molecule has 4 aliphatic carbocycles. The van der Waals surface area contributed by atoms with Gasteiger partial charge < -0.3 is 0 Å². The quantitative estimate of drug-likeness (QED) is 0.824. The van der Waals surface area contributed by atoms with Gasteiger partial charge in [0, 0.05) is 18.0 Å². The molecule has 0 aliphatic heterocycles. The van der Waals surface area contributed by atoms with E-state index in [-0.39, 0.29) is 11.0 Å². The number of hydrogen-bond acceptors (Lipinski definition) is 4. The fraction of sp³-hybridized carbons (Fsp3) is 0.619. The normalized spacial score (nSPS) is 30.8. The number of aromatic nitrogens is 2. The van der Waals surface area contributed by atoms with Crippen LogP contribution in [0.4, 0.5) is 4.39 Å². The van der Waals surface area contributed by atoms with Crippen molar-refractivity contribution in [2.75, 3.05) is 6.26 Å². The van der Waals surface area contributed by atoms with Gasteiger partial charge in [0.2, 0.25) is 10.0 Å². The number of fused-ring (bicyclic) bond motifs is 1. The number of halogens is 1. The third kappa shape index (κ3) is 3.35. The van der Waals surface area contributed by atoms with E-state index < -0.39 is 21.7 Å². The number of benzene rings is 1. The minimum Gasteiger partial charge on any atom is -0.268 e. The molecule has 6 rings (SSSR count). The lowest BCUT2D eigenvalue weighted by Crippen LogP contribution is -2.48. The number of carbonyl (C=O) groups excluding carboxylic acids is 1. The van der Waals surface area contributed by atoms with Crippen LogP contribution in [-0.4, -0.2) is 30.4 Å². The fourth-order valence-electron chi connectivity index (χ4n) is 6.67. The first kappa shape index (κ1) is 19.0. The first-order chi connectivity index (χ1) is 13.6. The van der Waals surface area contributed by atoms with E-state index in [1.807, 2.05) is 16.3 Å². The standard InChI is InChI=1S/C21H26FN3O3S/c1-12-16-6-17(20(26)24-29(2,27)28)18(22)7-19(16)25(23-12)11-21-8-13-3-14(9-21)5-15(4-13)10-21/h6-7,13-15H,3-5,8-11H2,1-2H3,(H,24,26). The Kier molecular flexibility index (Phi) is 4.11. The molecule has 1 amide bonds. The lowest BCUT2D eigenvalue weighted by Gasteiger charge is -2.56. The number of carbonyl (C=O) groups is 1. The van der Waals surface area contributed by atoms with Crippen LogP contribution in [0.5, 0.6) is 0 Å². The third-order valence-corrected chi connectivity index (χ3v) is 7.75. The van der Waals surface area contributed by atoms with Crippen molar-refractivity contribution in [1.82, 2.24) is 14.5 Å². The summed E-state index contributed by atoms with van der Waals surface area (Å²) in [5.41, 5.74) is 1.37. The van der Waals surface area contributed by atoms with Crippen molar-refractivity contribution in [2.24, 2.45) is 23.2 Å². The third-order valence-electron chi connectivity index (χ3n) is 7.20. The average molecular weight is 420 g/mol. The molecule has 4 fully saturated rings. The highest BCUT2D eigenvalue weighted by molar-refractivity contribution is 7.89. The number of aryl methyl sites for hydroxylation is 1. The summed E-state index contributed by atoms with van der Waals surface area (Å²) in [4.78, 5) is 12.2. The number of sulfonamides is 1. The molecule has 2 aromatic rings. The number of hydrogen-bond donors (Lipinski definition) is 1. The Labute approximate surface area is 169 Å². The minimum atomic E-state index is -3.76. The van der Waals surface area contributed by atoms with Gasteiger partial charge >= 0.3 is 0 Å². The maximum atomic E-state index is 14.7. The van der Waals surface area contributed by atoms with Gasteiger partial charge in [-0.1, -0.05) is 0 Å². The number of nitrogens with zero attached hydrogens (tertiary/aromatic N) is 2. The summed E-state index contributed by atoms with van der Waals surface area (Å²) in [6, 6.07) is 2.75. The van der Waals surface area contributed by atoms with Crippen LogP contribution in [0.1, 0.15) is 54.6 Å². The Balaban J connectivity index is 1.50. The summed E-state index contributed by atoms with van der Waals surface area (Å²) in [7, 11) is -3.76. The van der Waals surface area contributed by atoms with Crippen LogP contribution in [0.15, 0.2) is 12.1 Å². The highest BCUT2D eigenvalue weighted by Gasteiger charge is 2.51. The maximum Gasteiger partial charge on any atom is 0.267 e. The van der Waals surface area contributed by atoms with Crippen LogP contribution >= 0.6 is 0 Å². The second kappa shape index (κ2) is 6.27. The second-order valence-corrected chi connectivity index (χ2v) is 11.5. The summed E-state index contributed by atoms with van der Waals surface area (Å²) >= 11 is 0. The minimum absolute atomic E-state index is 0.253. The van der Waals surface area contributed by atoms with Crippen LogP contribution in [0.2, 0.25) is 0 Å². The van der Waals surface area contributed by atoms with E-state index >= 15 is 0 Å². The van der Waals surface area contributed by atoms with Crippen LogP contribution < -0.4 is 4.72 Å². The Morgan fingerprint density at radius 1 is 1.21 bits per heavy atom. The molecule has 4 saturated carbocycles. The largest absolute Gasteiger partial charge is 0.268 e. The lowest BCUT2D eigenvalue weighted by atomic mass is 9.49. The molecular weight excluding hydrogens is 393 g/mol. The van der Waals surface area contributed by atoms with Crippen LogP contribution in [-0.2, 0) is 16.6 Å². The molecule has 0 atom stereocenters. The van der Waals surface area contributed by atoms with Gasteiger partial charge in [0.25, 0.3) is 5.91 Å². The van der Waals surface area contributed by atoms with Crippen molar-refractivity contribution in [1.29, 1.82) is 0 Å². The molecule has 1 heterocycles. The number of amides is 1. The molecule has 1 aromatic heterocycles. The van der Waals surface area contributed by atoms with Gasteiger partial charge in [-0.2, -0.15) is 5.10 Å². The fourth-order valence-corrected chi connectivity index (χ4v) is 7.12. The average Bonchev–Trinajstić information content (AvgIpc) is 2.85. The summed E-state index contributed by atoms with van der Waals surface area (Å²) in [6.07, 6.45) is 8.67. The van der Waals surface area contributed by atoms with E-state index in [4.69, 9.17) is 0 Å². The molecule has 0 unspecified atom stereocenters. The molecule has 1 N–H and O–H groups in total. The molecule has 0 radical (unpaired) electrons. The van der Waals surface area contributed by atoms with E-state index in [1.165, 1.54) is 50.7 Å². The van der Waals surface area contributed by atoms with E-state index in [2.05, 4.69) is 5.10 Å². The maximum absolute atomic E-state index is 14.7. The van der Waals surface area contributed by atoms with E-state index in [1.54, 1.807) is 0 Å². The van der Waals surface area contributed by atoms with Gasteiger partial charge in [-0.25, -0.2) is 17.5 Å². The van der Waals surface area contributed by atoms with E-state index in [0.717, 1.165) is 36.2 Å². The Hall–Kier alpha value is -1.96. The molecular formula is C21H26FN3O3S. The van der Waals surface area contributed by atoms with Gasteiger partial charge in [0.1, 0.15) is 5.82 Å². The summed E-state index contributed by atoms with van der Waals surface area (Å²) < 4.78 is 41.2. The second-order valence-electron chi connectivity index (χ2n) is 9.71.